The Labute approximate surface area is 174 Å². The van der Waals surface area contributed by atoms with Crippen molar-refractivity contribution in [3.63, 3.8) is 0 Å². The van der Waals surface area contributed by atoms with Crippen LogP contribution in [0.3, 0.4) is 0 Å². The van der Waals surface area contributed by atoms with Gasteiger partial charge in [0.15, 0.2) is 0 Å². The van der Waals surface area contributed by atoms with Crippen LogP contribution in [0, 0.1) is 63.2 Å². The van der Waals surface area contributed by atoms with E-state index in [1.807, 2.05) is 81.7 Å². The summed E-state index contributed by atoms with van der Waals surface area (Å²) in [6, 6.07) is 15.6. The average Bonchev–Trinajstić information content (AvgIpc) is 3.47. The molecule has 3 heteroatoms. The van der Waals surface area contributed by atoms with Crippen molar-refractivity contribution in [1.29, 1.82) is 0 Å². The van der Waals surface area contributed by atoms with Gasteiger partial charge >= 0.3 is 0 Å². The zero-order valence-electron chi connectivity index (χ0n) is 16.1. The van der Waals surface area contributed by atoms with Crippen LogP contribution in [-0.2, 0) is 5.60 Å². The highest BCUT2D eigenvalue weighted by Crippen LogP contribution is 2.51. The van der Waals surface area contributed by atoms with Crippen molar-refractivity contribution in [1.82, 2.24) is 0 Å². The fourth-order valence-electron chi connectivity index (χ4n) is 4.12. The van der Waals surface area contributed by atoms with Crippen molar-refractivity contribution in [2.24, 2.45) is 0 Å². The first-order valence-electron chi connectivity index (χ1n) is 9.76. The Morgan fingerprint density at radius 3 is 1.83 bits per heavy atom. The first-order valence-corrected chi connectivity index (χ1v) is 9.76. The third kappa shape index (κ3) is 3.83. The van der Waals surface area contributed by atoms with Crippen LogP contribution in [0.1, 0.15) is 24.0 Å². The highest BCUT2D eigenvalue weighted by atomic mass is 16.4. The van der Waals surface area contributed by atoms with Gasteiger partial charge in [-0.2, -0.15) is 0 Å². The van der Waals surface area contributed by atoms with Gasteiger partial charge in [-0.25, -0.2) is 0 Å². The van der Waals surface area contributed by atoms with E-state index in [1.54, 1.807) is 12.1 Å². The molecule has 2 fully saturated rings. The summed E-state index contributed by atoms with van der Waals surface area (Å²) >= 11 is 0. The van der Waals surface area contributed by atoms with E-state index in [2.05, 4.69) is 0 Å². The van der Waals surface area contributed by atoms with Crippen LogP contribution in [0.4, 0.5) is 0 Å². The Hall–Kier alpha value is -1.84. The summed E-state index contributed by atoms with van der Waals surface area (Å²) in [5.74, 6) is 1.87. The van der Waals surface area contributed by atoms with Gasteiger partial charge in [-0.1, -0.05) is 42.5 Å². The van der Waals surface area contributed by atoms with Crippen LogP contribution in [-0.4, -0.2) is 20.9 Å². The van der Waals surface area contributed by atoms with Gasteiger partial charge in [0.2, 0.25) is 0 Å². The number of aliphatic hydroxyl groups is 2. The Morgan fingerprint density at radius 2 is 1.21 bits per heavy atom. The Kier molecular flexibility index (Phi) is 5.98. The fraction of sp³-hybridized carbons (Fsp3) is 0.154. The molecule has 0 amide bonds. The van der Waals surface area contributed by atoms with E-state index in [0.29, 0.717) is 29.9 Å². The normalized spacial score (nSPS) is 22.4. The maximum Gasteiger partial charge on any atom is 0.144 e. The van der Waals surface area contributed by atoms with E-state index in [9.17, 15) is 15.3 Å². The molecule has 3 nitrogen and oxygen atoms in total. The van der Waals surface area contributed by atoms with Crippen molar-refractivity contribution in [2.45, 2.75) is 24.0 Å². The van der Waals surface area contributed by atoms with Crippen LogP contribution >= 0.6 is 0 Å². The van der Waals surface area contributed by atoms with Crippen molar-refractivity contribution in [3.8, 4) is 5.75 Å². The van der Waals surface area contributed by atoms with Gasteiger partial charge in [0.05, 0.1) is 0 Å². The number of aromatic hydroxyl groups is 1. The number of benzene rings is 2. The molecule has 146 valence electrons. The predicted molar refractivity (Wildman–Crippen MR) is 113 cm³/mol. The van der Waals surface area contributed by atoms with E-state index in [1.165, 1.54) is 12.1 Å². The van der Waals surface area contributed by atoms with Crippen molar-refractivity contribution in [3.05, 3.63) is 129 Å². The number of phenolic OH excluding ortho intramolecular Hbond substituents is 1. The molecule has 0 aliphatic heterocycles. The van der Waals surface area contributed by atoms with E-state index in [4.69, 9.17) is 0 Å². The lowest BCUT2D eigenvalue weighted by atomic mass is 9.64. The second-order valence-corrected chi connectivity index (χ2v) is 7.45. The molecule has 4 rings (SSSR count). The van der Waals surface area contributed by atoms with Crippen molar-refractivity contribution >= 4 is 0 Å². The van der Waals surface area contributed by atoms with Gasteiger partial charge in [-0.15, -0.1) is 0 Å². The molecule has 2 atom stereocenters. The standard InChI is InChI=1S/C26H24O3/c27-24-16-14-23(15-17-24)26(29,22-12-2-1-3-13-22)25(28,21-10-6-7-11-21)19-18-20-8-4-5-9-20/h1-17,27-29H,18-19H2. The molecule has 0 bridgehead atoms. The van der Waals surface area contributed by atoms with Gasteiger partial charge < -0.3 is 15.3 Å². The summed E-state index contributed by atoms with van der Waals surface area (Å²) in [6.45, 7) is 0. The Balaban J connectivity index is 1.79. The third-order valence-corrected chi connectivity index (χ3v) is 5.72. The molecule has 0 spiro atoms. The minimum Gasteiger partial charge on any atom is -0.508 e. The predicted octanol–water partition coefficient (Wildman–Crippen LogP) is 3.95. The molecule has 2 unspecified atom stereocenters. The van der Waals surface area contributed by atoms with E-state index in [-0.39, 0.29) is 5.75 Å². The van der Waals surface area contributed by atoms with Crippen LogP contribution in [0.2, 0.25) is 0 Å². The number of rotatable bonds is 7. The number of phenols is 1. The van der Waals surface area contributed by atoms with Gasteiger partial charge in [0.1, 0.15) is 17.0 Å². The molecular formula is C26H24O3. The smallest absolute Gasteiger partial charge is 0.144 e. The summed E-state index contributed by atoms with van der Waals surface area (Å²) in [5, 5.41) is 34.1. The molecule has 2 saturated carbocycles. The number of hydrogen-bond acceptors (Lipinski definition) is 3. The zero-order chi connectivity index (χ0) is 20.3. The molecule has 2 aromatic rings. The summed E-state index contributed by atoms with van der Waals surface area (Å²) in [5.41, 5.74) is -2.17. The largest absolute Gasteiger partial charge is 0.508 e. The summed E-state index contributed by atoms with van der Waals surface area (Å²) in [6.07, 6.45) is 16.4. The van der Waals surface area contributed by atoms with Crippen molar-refractivity contribution < 1.29 is 15.3 Å². The van der Waals surface area contributed by atoms with Crippen molar-refractivity contribution in [2.75, 3.05) is 0 Å². The second-order valence-electron chi connectivity index (χ2n) is 7.45. The summed E-state index contributed by atoms with van der Waals surface area (Å²) in [4.78, 5) is 0. The molecule has 2 aliphatic rings. The van der Waals surface area contributed by atoms with Crippen LogP contribution in [0.25, 0.3) is 0 Å². The Bertz CT molecular complexity index is 775. The third-order valence-electron chi connectivity index (χ3n) is 5.72. The SMILES string of the molecule is Oc1ccc(C(O)(c2ccccc2)C(O)(CC[C]2[CH][CH][CH][CH]2)[C]2[CH][CH][CH][CH]2)cc1. The van der Waals surface area contributed by atoms with Gasteiger partial charge in [-0.3, -0.25) is 0 Å². The van der Waals surface area contributed by atoms with Gasteiger partial charge in [0.25, 0.3) is 0 Å². The summed E-state index contributed by atoms with van der Waals surface area (Å²) in [7, 11) is 0. The Morgan fingerprint density at radius 1 is 0.655 bits per heavy atom. The van der Waals surface area contributed by atoms with Gasteiger partial charge in [-0.05, 0) is 93.4 Å². The van der Waals surface area contributed by atoms with Crippen LogP contribution in [0.15, 0.2) is 54.6 Å². The first kappa shape index (κ1) is 20.4. The highest BCUT2D eigenvalue weighted by Gasteiger charge is 2.56. The molecular weight excluding hydrogens is 360 g/mol. The minimum absolute atomic E-state index is 0.109. The lowest BCUT2D eigenvalue weighted by Gasteiger charge is -2.48. The zero-order valence-corrected chi connectivity index (χ0v) is 16.1. The second kappa shape index (κ2) is 8.49. The van der Waals surface area contributed by atoms with E-state index >= 15 is 0 Å². The molecule has 2 aromatic carbocycles. The monoisotopic (exact) mass is 384 g/mol. The molecule has 10 radical (unpaired) electrons. The quantitative estimate of drug-likeness (QED) is 0.677. The molecule has 0 saturated heterocycles. The molecule has 0 heterocycles. The highest BCUT2D eigenvalue weighted by molar-refractivity contribution is 5.51. The van der Waals surface area contributed by atoms with E-state index in [0.717, 1.165) is 5.92 Å². The minimum atomic E-state index is -1.71. The average molecular weight is 384 g/mol. The fourth-order valence-corrected chi connectivity index (χ4v) is 4.12. The molecule has 29 heavy (non-hydrogen) atoms. The van der Waals surface area contributed by atoms with Gasteiger partial charge in [0, 0.05) is 5.92 Å². The summed E-state index contributed by atoms with van der Waals surface area (Å²) < 4.78 is 0. The topological polar surface area (TPSA) is 60.7 Å². The van der Waals surface area contributed by atoms with E-state index < -0.39 is 11.2 Å². The molecule has 2 aliphatic carbocycles. The number of hydrogen-bond donors (Lipinski definition) is 3. The molecule has 0 aromatic heterocycles. The lowest BCUT2D eigenvalue weighted by Crippen LogP contribution is -2.56. The maximum absolute atomic E-state index is 12.2. The lowest BCUT2D eigenvalue weighted by molar-refractivity contribution is -0.123. The first-order chi connectivity index (χ1) is 14.0. The van der Waals surface area contributed by atoms with Crippen LogP contribution in [0.5, 0.6) is 5.75 Å². The maximum atomic E-state index is 12.2. The van der Waals surface area contributed by atoms with Crippen LogP contribution < -0.4 is 0 Å². The molecule has 3 N–H and O–H groups in total.